The average molecular weight is 302 g/mol. The third kappa shape index (κ3) is 3.51. The van der Waals surface area contributed by atoms with Crippen molar-refractivity contribution in [3.63, 3.8) is 0 Å². The molecule has 1 unspecified atom stereocenters. The number of hydrogen-bond donors (Lipinski definition) is 0. The highest BCUT2D eigenvalue weighted by molar-refractivity contribution is 7.62. The second-order valence-corrected chi connectivity index (χ2v) is 6.62. The van der Waals surface area contributed by atoms with Crippen LogP contribution in [0.1, 0.15) is 18.1 Å². The fraction of sp³-hybridized carbons (Fsp3) is 0.176. The third-order valence-corrected chi connectivity index (χ3v) is 5.20. The van der Waals surface area contributed by atoms with Crippen molar-refractivity contribution < 1.29 is 13.6 Å². The van der Waals surface area contributed by atoms with Crippen LogP contribution in [-0.2, 0) is 13.6 Å². The molecule has 4 heteroatoms. The van der Waals surface area contributed by atoms with Crippen LogP contribution >= 0.6 is 7.60 Å². The lowest BCUT2D eigenvalue weighted by atomic mass is 10.00. The zero-order valence-corrected chi connectivity index (χ0v) is 13.2. The molecule has 3 nitrogen and oxygen atoms in total. The predicted octanol–water partition coefficient (Wildman–Crippen LogP) is 4.25. The van der Waals surface area contributed by atoms with E-state index in [0.29, 0.717) is 11.9 Å². The van der Waals surface area contributed by atoms with Crippen molar-refractivity contribution in [3.05, 3.63) is 72.3 Å². The first-order valence-corrected chi connectivity index (χ1v) is 8.30. The molecule has 0 aromatic heterocycles. The molecule has 0 saturated carbocycles. The van der Waals surface area contributed by atoms with Crippen molar-refractivity contribution in [2.24, 2.45) is 0 Å². The van der Waals surface area contributed by atoms with Crippen molar-refractivity contribution in [1.82, 2.24) is 0 Å². The molecule has 0 heterocycles. The van der Waals surface area contributed by atoms with Crippen LogP contribution in [0.25, 0.3) is 5.57 Å². The van der Waals surface area contributed by atoms with Gasteiger partial charge < -0.3 is 9.05 Å². The Balaban J connectivity index is 2.27. The van der Waals surface area contributed by atoms with Crippen LogP contribution in [0, 0.1) is 0 Å². The minimum absolute atomic E-state index is 0.337. The molecule has 2 aromatic rings. The standard InChI is InChI=1S/C17H19O3P/c1-4-20-21(18,19-3)17-12-10-16(11-13-17)14(2)15-8-6-5-7-9-15/h5-13H,2,4H2,1,3H3. The summed E-state index contributed by atoms with van der Waals surface area (Å²) in [7, 11) is -1.81. The van der Waals surface area contributed by atoms with Crippen LogP contribution in [0.4, 0.5) is 0 Å². The lowest BCUT2D eigenvalue weighted by molar-refractivity contribution is 0.254. The van der Waals surface area contributed by atoms with Gasteiger partial charge in [-0.15, -0.1) is 0 Å². The summed E-state index contributed by atoms with van der Waals surface area (Å²) in [5.74, 6) is 0. The lowest BCUT2D eigenvalue weighted by Crippen LogP contribution is -2.09. The van der Waals surface area contributed by atoms with Crippen LogP contribution in [-0.4, -0.2) is 13.7 Å². The van der Waals surface area contributed by atoms with Crippen molar-refractivity contribution in [1.29, 1.82) is 0 Å². The van der Waals surface area contributed by atoms with Gasteiger partial charge in [-0.2, -0.15) is 0 Å². The molecule has 0 aliphatic rings. The Morgan fingerprint density at radius 3 is 2.14 bits per heavy atom. The first kappa shape index (κ1) is 15.7. The van der Waals surface area contributed by atoms with Crippen molar-refractivity contribution in [2.75, 3.05) is 13.7 Å². The van der Waals surface area contributed by atoms with E-state index in [9.17, 15) is 4.57 Å². The molecular weight excluding hydrogens is 283 g/mol. The molecule has 2 rings (SSSR count). The van der Waals surface area contributed by atoms with Gasteiger partial charge in [-0.3, -0.25) is 4.57 Å². The van der Waals surface area contributed by atoms with Gasteiger partial charge >= 0.3 is 7.60 Å². The van der Waals surface area contributed by atoms with Crippen LogP contribution in [0.15, 0.2) is 61.2 Å². The lowest BCUT2D eigenvalue weighted by Gasteiger charge is -2.16. The number of rotatable bonds is 6. The molecule has 0 saturated heterocycles. The van der Waals surface area contributed by atoms with E-state index in [1.165, 1.54) is 7.11 Å². The van der Waals surface area contributed by atoms with E-state index in [0.717, 1.165) is 16.7 Å². The highest BCUT2D eigenvalue weighted by Crippen LogP contribution is 2.45. The third-order valence-electron chi connectivity index (χ3n) is 3.19. The summed E-state index contributed by atoms with van der Waals surface area (Å²) in [6, 6.07) is 17.2. The van der Waals surface area contributed by atoms with Gasteiger partial charge in [0, 0.05) is 7.11 Å². The van der Waals surface area contributed by atoms with E-state index >= 15 is 0 Å². The summed E-state index contributed by atoms with van der Waals surface area (Å²) in [6.45, 7) is 6.24. The first-order valence-electron chi connectivity index (χ1n) is 6.76. The molecule has 0 bridgehead atoms. The molecule has 0 spiro atoms. The fourth-order valence-corrected chi connectivity index (χ4v) is 3.37. The molecular formula is C17H19O3P. The quantitative estimate of drug-likeness (QED) is 0.748. The molecule has 0 amide bonds. The topological polar surface area (TPSA) is 35.5 Å². The molecule has 1 atom stereocenters. The molecule has 0 aliphatic heterocycles. The minimum Gasteiger partial charge on any atom is -0.309 e. The van der Waals surface area contributed by atoms with Gasteiger partial charge in [0.15, 0.2) is 0 Å². The van der Waals surface area contributed by atoms with Crippen LogP contribution in [0.3, 0.4) is 0 Å². The van der Waals surface area contributed by atoms with Crippen LogP contribution in [0.2, 0.25) is 0 Å². The number of benzene rings is 2. The Kier molecular flexibility index (Phi) is 5.13. The second-order valence-electron chi connectivity index (χ2n) is 4.49. The maximum absolute atomic E-state index is 12.5. The van der Waals surface area contributed by atoms with Crippen LogP contribution < -0.4 is 5.30 Å². The molecule has 0 N–H and O–H groups in total. The van der Waals surface area contributed by atoms with Gasteiger partial charge in [-0.05, 0) is 35.8 Å². The van der Waals surface area contributed by atoms with E-state index in [2.05, 4.69) is 6.58 Å². The maximum Gasteiger partial charge on any atom is 0.361 e. The Morgan fingerprint density at radius 2 is 1.62 bits per heavy atom. The maximum atomic E-state index is 12.5. The van der Waals surface area contributed by atoms with Gasteiger partial charge in [0.2, 0.25) is 0 Å². The summed E-state index contributed by atoms with van der Waals surface area (Å²) in [4.78, 5) is 0. The Bertz CT molecular complexity index is 647. The average Bonchev–Trinajstić information content (AvgIpc) is 2.55. The van der Waals surface area contributed by atoms with E-state index in [-0.39, 0.29) is 0 Å². The molecule has 0 fully saturated rings. The Hall–Kier alpha value is -1.67. The van der Waals surface area contributed by atoms with E-state index in [1.807, 2.05) is 42.5 Å². The SMILES string of the molecule is C=C(c1ccccc1)c1ccc(P(=O)(OC)OCC)cc1. The summed E-state index contributed by atoms with van der Waals surface area (Å²) in [5.41, 5.74) is 2.96. The fourth-order valence-electron chi connectivity index (χ4n) is 2.05. The molecule has 2 aromatic carbocycles. The van der Waals surface area contributed by atoms with Gasteiger partial charge in [0.05, 0.1) is 11.9 Å². The largest absolute Gasteiger partial charge is 0.361 e. The Morgan fingerprint density at radius 1 is 1.05 bits per heavy atom. The molecule has 110 valence electrons. The van der Waals surface area contributed by atoms with Gasteiger partial charge in [0.1, 0.15) is 0 Å². The van der Waals surface area contributed by atoms with Gasteiger partial charge in [0.25, 0.3) is 0 Å². The van der Waals surface area contributed by atoms with Gasteiger partial charge in [-0.25, -0.2) is 0 Å². The zero-order valence-electron chi connectivity index (χ0n) is 12.3. The normalized spacial score (nSPS) is 13.6. The van der Waals surface area contributed by atoms with Crippen molar-refractivity contribution >= 4 is 18.5 Å². The first-order chi connectivity index (χ1) is 10.1. The summed E-state index contributed by atoms with van der Waals surface area (Å²) in [6.07, 6.45) is 0. The highest BCUT2D eigenvalue weighted by atomic mass is 31.2. The van der Waals surface area contributed by atoms with Crippen molar-refractivity contribution in [2.45, 2.75) is 6.92 Å². The van der Waals surface area contributed by atoms with Crippen molar-refractivity contribution in [3.8, 4) is 0 Å². The summed E-state index contributed by atoms with van der Waals surface area (Å²) < 4.78 is 22.8. The minimum atomic E-state index is -3.20. The zero-order chi connectivity index (χ0) is 15.3. The second kappa shape index (κ2) is 6.86. The van der Waals surface area contributed by atoms with E-state index in [1.54, 1.807) is 19.1 Å². The van der Waals surface area contributed by atoms with Gasteiger partial charge in [-0.1, -0.05) is 49.0 Å². The van der Waals surface area contributed by atoms with E-state index in [4.69, 9.17) is 9.05 Å². The monoisotopic (exact) mass is 302 g/mol. The molecule has 0 radical (unpaired) electrons. The highest BCUT2D eigenvalue weighted by Gasteiger charge is 2.25. The number of hydrogen-bond acceptors (Lipinski definition) is 3. The summed E-state index contributed by atoms with van der Waals surface area (Å²) in [5, 5.41) is 0.552. The molecule has 21 heavy (non-hydrogen) atoms. The summed E-state index contributed by atoms with van der Waals surface area (Å²) >= 11 is 0. The Labute approximate surface area is 125 Å². The molecule has 0 aliphatic carbocycles. The van der Waals surface area contributed by atoms with E-state index < -0.39 is 7.60 Å². The van der Waals surface area contributed by atoms with Crippen LogP contribution in [0.5, 0.6) is 0 Å². The predicted molar refractivity (Wildman–Crippen MR) is 86.9 cm³/mol. The smallest absolute Gasteiger partial charge is 0.309 e.